The second-order valence-corrected chi connectivity index (χ2v) is 9.33. The lowest BCUT2D eigenvalue weighted by Crippen LogP contribution is -2.39. The van der Waals surface area contributed by atoms with Crippen LogP contribution in [-0.4, -0.2) is 33.5 Å². The molecule has 1 heterocycles. The molecule has 0 aliphatic carbocycles. The summed E-state index contributed by atoms with van der Waals surface area (Å²) in [6.45, 7) is 6.96. The molecule has 4 aromatic rings. The molecule has 1 amide bonds. The molecule has 1 aromatic heterocycles. The maximum Gasteiger partial charge on any atom is 0.266 e. The fourth-order valence-corrected chi connectivity index (χ4v) is 4.68. The summed E-state index contributed by atoms with van der Waals surface area (Å²) in [6.07, 6.45) is 1.71. The van der Waals surface area contributed by atoms with E-state index in [1.165, 1.54) is 0 Å². The summed E-state index contributed by atoms with van der Waals surface area (Å²) in [4.78, 5) is 34.2. The van der Waals surface area contributed by atoms with Crippen LogP contribution in [0.25, 0.3) is 16.6 Å². The van der Waals surface area contributed by atoms with Crippen LogP contribution in [0.4, 0.5) is 0 Å². The SMILES string of the molecule is CCCCN(C(=O)C(Cl)c1ccccc1)C(C)c1nc2ccccc2c(=O)n1-c1ccc(OCC)cc1. The third-order valence-electron chi connectivity index (χ3n) is 6.39. The van der Waals surface area contributed by atoms with E-state index in [0.717, 1.165) is 24.2 Å². The predicted octanol–water partition coefficient (Wildman–Crippen LogP) is 6.45. The van der Waals surface area contributed by atoms with Crippen molar-refractivity contribution in [3.63, 3.8) is 0 Å². The molecule has 7 heteroatoms. The highest BCUT2D eigenvalue weighted by Crippen LogP contribution is 2.30. The van der Waals surface area contributed by atoms with Crippen LogP contribution in [0, 0.1) is 0 Å². The molecular weight excluding hydrogens is 486 g/mol. The predicted molar refractivity (Wildman–Crippen MR) is 149 cm³/mol. The molecule has 4 rings (SSSR count). The molecule has 0 bridgehead atoms. The molecule has 2 atom stereocenters. The van der Waals surface area contributed by atoms with E-state index >= 15 is 0 Å². The molecule has 0 saturated heterocycles. The van der Waals surface area contributed by atoms with E-state index in [1.54, 1.807) is 15.5 Å². The van der Waals surface area contributed by atoms with Crippen molar-refractivity contribution in [3.8, 4) is 11.4 Å². The average Bonchev–Trinajstić information content (AvgIpc) is 2.93. The van der Waals surface area contributed by atoms with E-state index in [2.05, 4.69) is 6.92 Å². The molecule has 0 N–H and O–H groups in total. The molecule has 6 nitrogen and oxygen atoms in total. The molecule has 0 aliphatic heterocycles. The summed E-state index contributed by atoms with van der Waals surface area (Å²) >= 11 is 6.70. The summed E-state index contributed by atoms with van der Waals surface area (Å²) < 4.78 is 7.18. The number of aromatic nitrogens is 2. The van der Waals surface area contributed by atoms with Gasteiger partial charge < -0.3 is 9.64 Å². The fraction of sp³-hybridized carbons (Fsp3) is 0.300. The lowest BCUT2D eigenvalue weighted by Gasteiger charge is -2.32. The van der Waals surface area contributed by atoms with Gasteiger partial charge in [-0.05, 0) is 62.2 Å². The Balaban J connectivity index is 1.84. The number of nitrogens with zero attached hydrogens (tertiary/aromatic N) is 3. The second-order valence-electron chi connectivity index (χ2n) is 8.89. The first kappa shape index (κ1) is 26.4. The summed E-state index contributed by atoms with van der Waals surface area (Å²) in [5.41, 5.74) is 1.79. The third kappa shape index (κ3) is 5.70. The van der Waals surface area contributed by atoms with Crippen molar-refractivity contribution in [2.45, 2.75) is 45.0 Å². The normalized spacial score (nSPS) is 12.8. The monoisotopic (exact) mass is 517 g/mol. The van der Waals surface area contributed by atoms with Crippen LogP contribution in [0.15, 0.2) is 83.7 Å². The largest absolute Gasteiger partial charge is 0.494 e. The highest BCUT2D eigenvalue weighted by atomic mass is 35.5. The lowest BCUT2D eigenvalue weighted by molar-refractivity contribution is -0.133. The van der Waals surface area contributed by atoms with Gasteiger partial charge in [0.15, 0.2) is 0 Å². The van der Waals surface area contributed by atoms with Crippen LogP contribution in [0.1, 0.15) is 56.4 Å². The molecule has 0 spiro atoms. The fourth-order valence-electron chi connectivity index (χ4n) is 4.41. The van der Waals surface area contributed by atoms with E-state index < -0.39 is 11.4 Å². The van der Waals surface area contributed by atoms with Crippen LogP contribution >= 0.6 is 11.6 Å². The molecule has 192 valence electrons. The van der Waals surface area contributed by atoms with Crippen molar-refractivity contribution in [1.29, 1.82) is 0 Å². The minimum Gasteiger partial charge on any atom is -0.494 e. The number of carbonyl (C=O) groups excluding carboxylic acids is 1. The number of alkyl halides is 1. The van der Waals surface area contributed by atoms with E-state index in [9.17, 15) is 9.59 Å². The molecule has 3 aromatic carbocycles. The molecular formula is C30H32ClN3O3. The number of hydrogen-bond acceptors (Lipinski definition) is 4. The topological polar surface area (TPSA) is 64.4 Å². The van der Waals surface area contributed by atoms with Crippen LogP contribution in [0.3, 0.4) is 0 Å². The summed E-state index contributed by atoms with van der Waals surface area (Å²) in [7, 11) is 0. The summed E-state index contributed by atoms with van der Waals surface area (Å²) in [5, 5.41) is -0.329. The van der Waals surface area contributed by atoms with E-state index in [0.29, 0.717) is 35.6 Å². The number of halogens is 1. The van der Waals surface area contributed by atoms with Gasteiger partial charge in [-0.3, -0.25) is 14.2 Å². The maximum atomic E-state index is 13.8. The number of hydrogen-bond donors (Lipinski definition) is 0. The average molecular weight is 518 g/mol. The van der Waals surface area contributed by atoms with Gasteiger partial charge in [-0.1, -0.05) is 55.8 Å². The van der Waals surface area contributed by atoms with Crippen molar-refractivity contribution < 1.29 is 9.53 Å². The lowest BCUT2D eigenvalue weighted by atomic mass is 10.1. The van der Waals surface area contributed by atoms with E-state index in [4.69, 9.17) is 21.3 Å². The minimum atomic E-state index is -0.841. The van der Waals surface area contributed by atoms with Gasteiger partial charge >= 0.3 is 0 Å². The summed E-state index contributed by atoms with van der Waals surface area (Å²) in [5.74, 6) is 0.985. The first-order valence-electron chi connectivity index (χ1n) is 12.7. The van der Waals surface area contributed by atoms with Crippen molar-refractivity contribution in [2.24, 2.45) is 0 Å². The van der Waals surface area contributed by atoms with Crippen LogP contribution < -0.4 is 10.3 Å². The van der Waals surface area contributed by atoms with Gasteiger partial charge in [0, 0.05) is 6.54 Å². The standard InChI is InChI=1S/C30H32ClN3O3/c1-4-6-20-33(30(36)27(31)22-12-8-7-9-13-22)21(3)28-32-26-15-11-10-14-25(26)29(35)34(28)23-16-18-24(19-17-23)37-5-2/h7-19,21,27H,4-6,20H2,1-3H3. The van der Waals surface area contributed by atoms with Gasteiger partial charge in [-0.2, -0.15) is 0 Å². The Labute approximate surface area is 222 Å². The molecule has 2 unspecified atom stereocenters. The summed E-state index contributed by atoms with van der Waals surface area (Å²) in [6, 6.07) is 23.4. The Morgan fingerprint density at radius 1 is 1.00 bits per heavy atom. The number of fused-ring (bicyclic) bond motifs is 1. The number of amides is 1. The highest BCUT2D eigenvalue weighted by Gasteiger charge is 2.31. The van der Waals surface area contributed by atoms with Gasteiger partial charge in [0.2, 0.25) is 5.91 Å². The van der Waals surface area contributed by atoms with Gasteiger partial charge in [0.05, 0.1) is 29.2 Å². The Morgan fingerprint density at radius 3 is 2.35 bits per heavy atom. The Bertz CT molecular complexity index is 1400. The van der Waals surface area contributed by atoms with Crippen LogP contribution in [0.2, 0.25) is 0 Å². The molecule has 37 heavy (non-hydrogen) atoms. The Morgan fingerprint density at radius 2 is 1.68 bits per heavy atom. The highest BCUT2D eigenvalue weighted by molar-refractivity contribution is 6.30. The number of benzene rings is 3. The molecule has 0 radical (unpaired) electrons. The van der Waals surface area contributed by atoms with Crippen molar-refractivity contribution in [1.82, 2.24) is 14.5 Å². The van der Waals surface area contributed by atoms with Crippen molar-refractivity contribution in [2.75, 3.05) is 13.2 Å². The van der Waals surface area contributed by atoms with Crippen molar-refractivity contribution >= 4 is 28.4 Å². The smallest absolute Gasteiger partial charge is 0.266 e. The van der Waals surface area contributed by atoms with Gasteiger partial charge in [-0.25, -0.2) is 4.98 Å². The Hall–Kier alpha value is -3.64. The zero-order valence-corrected chi connectivity index (χ0v) is 22.2. The van der Waals surface area contributed by atoms with Crippen LogP contribution in [-0.2, 0) is 4.79 Å². The van der Waals surface area contributed by atoms with E-state index in [1.807, 2.05) is 86.6 Å². The van der Waals surface area contributed by atoms with Crippen molar-refractivity contribution in [3.05, 3.63) is 101 Å². The number of rotatable bonds is 10. The Kier molecular flexibility index (Phi) is 8.62. The minimum absolute atomic E-state index is 0.190. The number of ether oxygens (including phenoxy) is 1. The quantitative estimate of drug-likeness (QED) is 0.227. The second kappa shape index (κ2) is 12.1. The first-order chi connectivity index (χ1) is 18.0. The number of carbonyl (C=O) groups is 1. The molecule has 0 fully saturated rings. The maximum absolute atomic E-state index is 13.8. The first-order valence-corrected chi connectivity index (χ1v) is 13.1. The van der Waals surface area contributed by atoms with Crippen LogP contribution in [0.5, 0.6) is 5.75 Å². The van der Waals surface area contributed by atoms with E-state index in [-0.39, 0.29) is 11.5 Å². The molecule has 0 saturated carbocycles. The van der Waals surface area contributed by atoms with Gasteiger partial charge in [-0.15, -0.1) is 11.6 Å². The van der Waals surface area contributed by atoms with Gasteiger partial charge in [0.1, 0.15) is 17.0 Å². The number of unbranched alkanes of at least 4 members (excludes halogenated alkanes) is 1. The third-order valence-corrected chi connectivity index (χ3v) is 6.83. The number of para-hydroxylation sites is 1. The zero-order chi connectivity index (χ0) is 26.4. The molecule has 0 aliphatic rings. The zero-order valence-electron chi connectivity index (χ0n) is 21.4. The van der Waals surface area contributed by atoms with Gasteiger partial charge in [0.25, 0.3) is 5.56 Å².